The quantitative estimate of drug-likeness (QED) is 0.796. The summed E-state index contributed by atoms with van der Waals surface area (Å²) in [5.74, 6) is 0.581. The Morgan fingerprint density at radius 2 is 2.19 bits per heavy atom. The molecule has 0 spiro atoms. The van der Waals surface area contributed by atoms with Crippen molar-refractivity contribution in [1.82, 2.24) is 0 Å². The average Bonchev–Trinajstić information content (AvgIpc) is 2.23. The van der Waals surface area contributed by atoms with Crippen molar-refractivity contribution < 1.29 is 4.74 Å². The summed E-state index contributed by atoms with van der Waals surface area (Å²) in [5.41, 5.74) is 1.00. The van der Waals surface area contributed by atoms with E-state index in [-0.39, 0.29) is 0 Å². The summed E-state index contributed by atoms with van der Waals surface area (Å²) < 4.78 is 6.38. The standard InChI is InChI=1S/C12H17BrClNO/c1-9(2)8-16-7-6-15-11-5-3-4-10(14)12(11)13/h3-5,9,15H,6-8H2,1-2H3. The summed E-state index contributed by atoms with van der Waals surface area (Å²) in [6.45, 7) is 6.57. The number of rotatable bonds is 6. The van der Waals surface area contributed by atoms with Crippen molar-refractivity contribution >= 4 is 33.2 Å². The van der Waals surface area contributed by atoms with Gasteiger partial charge in [0.1, 0.15) is 0 Å². The van der Waals surface area contributed by atoms with E-state index < -0.39 is 0 Å². The Balaban J connectivity index is 2.29. The molecule has 0 fully saturated rings. The number of halogens is 2. The van der Waals surface area contributed by atoms with Gasteiger partial charge in [-0.15, -0.1) is 0 Å². The van der Waals surface area contributed by atoms with Gasteiger partial charge in [-0.1, -0.05) is 31.5 Å². The Hall–Kier alpha value is -0.250. The van der Waals surface area contributed by atoms with Crippen molar-refractivity contribution in [3.05, 3.63) is 27.7 Å². The molecule has 16 heavy (non-hydrogen) atoms. The lowest BCUT2D eigenvalue weighted by Crippen LogP contribution is -2.12. The summed E-state index contributed by atoms with van der Waals surface area (Å²) in [6.07, 6.45) is 0. The molecule has 0 aliphatic heterocycles. The zero-order chi connectivity index (χ0) is 12.0. The highest BCUT2D eigenvalue weighted by Gasteiger charge is 2.02. The van der Waals surface area contributed by atoms with E-state index in [2.05, 4.69) is 35.1 Å². The first-order valence-electron chi connectivity index (χ1n) is 5.37. The molecule has 0 unspecified atom stereocenters. The molecule has 0 aromatic heterocycles. The second kappa shape index (κ2) is 7.15. The van der Waals surface area contributed by atoms with Gasteiger partial charge in [-0.2, -0.15) is 0 Å². The summed E-state index contributed by atoms with van der Waals surface area (Å²) in [5, 5.41) is 3.99. The minimum absolute atomic E-state index is 0.581. The maximum absolute atomic E-state index is 5.98. The molecule has 0 heterocycles. The van der Waals surface area contributed by atoms with Gasteiger partial charge in [0, 0.05) is 13.2 Å². The molecular weight excluding hydrogens is 289 g/mol. The van der Waals surface area contributed by atoms with E-state index in [4.69, 9.17) is 16.3 Å². The fourth-order valence-corrected chi connectivity index (χ4v) is 1.80. The van der Waals surface area contributed by atoms with Crippen molar-refractivity contribution in [2.24, 2.45) is 5.92 Å². The van der Waals surface area contributed by atoms with Crippen LogP contribution in [0.15, 0.2) is 22.7 Å². The van der Waals surface area contributed by atoms with E-state index in [1.165, 1.54) is 0 Å². The molecule has 0 saturated carbocycles. The van der Waals surface area contributed by atoms with Gasteiger partial charge in [-0.05, 0) is 34.0 Å². The molecule has 0 radical (unpaired) electrons. The van der Waals surface area contributed by atoms with Crippen LogP contribution < -0.4 is 5.32 Å². The van der Waals surface area contributed by atoms with Crippen molar-refractivity contribution in [1.29, 1.82) is 0 Å². The molecule has 2 nitrogen and oxygen atoms in total. The number of nitrogens with one attached hydrogen (secondary N) is 1. The third-order valence-electron chi connectivity index (χ3n) is 1.96. The highest BCUT2D eigenvalue weighted by Crippen LogP contribution is 2.29. The van der Waals surface area contributed by atoms with Crippen LogP contribution in [0.25, 0.3) is 0 Å². The van der Waals surface area contributed by atoms with E-state index in [1.54, 1.807) is 0 Å². The van der Waals surface area contributed by atoms with E-state index in [1.807, 2.05) is 18.2 Å². The van der Waals surface area contributed by atoms with Gasteiger partial charge in [-0.3, -0.25) is 0 Å². The lowest BCUT2D eigenvalue weighted by atomic mass is 10.2. The van der Waals surface area contributed by atoms with E-state index >= 15 is 0 Å². The summed E-state index contributed by atoms with van der Waals surface area (Å²) in [4.78, 5) is 0. The Morgan fingerprint density at radius 3 is 2.88 bits per heavy atom. The predicted molar refractivity (Wildman–Crippen MR) is 73.3 cm³/mol. The van der Waals surface area contributed by atoms with Crippen LogP contribution in [0, 0.1) is 5.92 Å². The summed E-state index contributed by atoms with van der Waals surface area (Å²) in [7, 11) is 0. The SMILES string of the molecule is CC(C)COCCNc1cccc(Cl)c1Br. The van der Waals surface area contributed by atoms with Crippen molar-refractivity contribution in [2.45, 2.75) is 13.8 Å². The van der Waals surface area contributed by atoms with E-state index in [9.17, 15) is 0 Å². The van der Waals surface area contributed by atoms with Gasteiger partial charge >= 0.3 is 0 Å². The number of ether oxygens (including phenoxy) is 1. The van der Waals surface area contributed by atoms with Crippen LogP contribution in [0.3, 0.4) is 0 Å². The number of hydrogen-bond acceptors (Lipinski definition) is 2. The van der Waals surface area contributed by atoms with Gasteiger partial charge in [0.25, 0.3) is 0 Å². The molecule has 0 atom stereocenters. The van der Waals surface area contributed by atoms with Crippen LogP contribution in [0.1, 0.15) is 13.8 Å². The Morgan fingerprint density at radius 1 is 1.44 bits per heavy atom. The van der Waals surface area contributed by atoms with Gasteiger partial charge < -0.3 is 10.1 Å². The molecule has 1 N–H and O–H groups in total. The average molecular weight is 307 g/mol. The summed E-state index contributed by atoms with van der Waals surface area (Å²) >= 11 is 9.41. The largest absolute Gasteiger partial charge is 0.382 e. The lowest BCUT2D eigenvalue weighted by molar-refractivity contribution is 0.118. The van der Waals surface area contributed by atoms with Crippen LogP contribution in [-0.2, 0) is 4.74 Å². The van der Waals surface area contributed by atoms with Gasteiger partial charge in [0.05, 0.1) is 21.8 Å². The van der Waals surface area contributed by atoms with Crippen molar-refractivity contribution in [3.63, 3.8) is 0 Å². The monoisotopic (exact) mass is 305 g/mol. The number of anilines is 1. The molecule has 90 valence electrons. The summed E-state index contributed by atoms with van der Waals surface area (Å²) in [6, 6.07) is 5.76. The Bertz CT molecular complexity index is 331. The molecule has 1 aromatic rings. The predicted octanol–water partition coefficient (Wildman–Crippen LogP) is 4.19. The molecule has 0 amide bonds. The molecule has 0 aliphatic carbocycles. The Labute approximate surface area is 110 Å². The van der Waals surface area contributed by atoms with Crippen molar-refractivity contribution in [3.8, 4) is 0 Å². The van der Waals surface area contributed by atoms with Crippen LogP contribution >= 0.6 is 27.5 Å². The lowest BCUT2D eigenvalue weighted by Gasteiger charge is -2.10. The van der Waals surface area contributed by atoms with Crippen molar-refractivity contribution in [2.75, 3.05) is 25.1 Å². The van der Waals surface area contributed by atoms with Crippen LogP contribution in [0.5, 0.6) is 0 Å². The van der Waals surface area contributed by atoms with Gasteiger partial charge in [0.2, 0.25) is 0 Å². The molecule has 4 heteroatoms. The highest BCUT2D eigenvalue weighted by molar-refractivity contribution is 9.10. The third-order valence-corrected chi connectivity index (χ3v) is 3.36. The first kappa shape index (κ1) is 13.8. The van der Waals surface area contributed by atoms with Gasteiger partial charge in [-0.25, -0.2) is 0 Å². The zero-order valence-electron chi connectivity index (χ0n) is 9.59. The third kappa shape index (κ3) is 4.73. The maximum atomic E-state index is 5.98. The fourth-order valence-electron chi connectivity index (χ4n) is 1.22. The fraction of sp³-hybridized carbons (Fsp3) is 0.500. The van der Waals surface area contributed by atoms with Crippen LogP contribution in [0.2, 0.25) is 5.02 Å². The van der Waals surface area contributed by atoms with E-state index in [0.717, 1.165) is 23.3 Å². The molecule has 1 rings (SSSR count). The minimum Gasteiger partial charge on any atom is -0.382 e. The zero-order valence-corrected chi connectivity index (χ0v) is 11.9. The molecule has 0 aliphatic rings. The highest BCUT2D eigenvalue weighted by atomic mass is 79.9. The van der Waals surface area contributed by atoms with E-state index in [0.29, 0.717) is 17.5 Å². The second-order valence-electron chi connectivity index (χ2n) is 4.00. The number of benzene rings is 1. The van der Waals surface area contributed by atoms with Crippen LogP contribution in [-0.4, -0.2) is 19.8 Å². The molecular formula is C12H17BrClNO. The van der Waals surface area contributed by atoms with Crippen LogP contribution in [0.4, 0.5) is 5.69 Å². The molecule has 0 bridgehead atoms. The second-order valence-corrected chi connectivity index (χ2v) is 5.20. The normalized spacial score (nSPS) is 10.8. The maximum Gasteiger partial charge on any atom is 0.0639 e. The van der Waals surface area contributed by atoms with Gasteiger partial charge in [0.15, 0.2) is 0 Å². The topological polar surface area (TPSA) is 21.3 Å². The smallest absolute Gasteiger partial charge is 0.0639 e. The number of hydrogen-bond donors (Lipinski definition) is 1. The molecule has 0 saturated heterocycles. The molecule has 1 aromatic carbocycles. The Kier molecular flexibility index (Phi) is 6.17. The minimum atomic E-state index is 0.581. The first-order valence-corrected chi connectivity index (χ1v) is 6.54. The first-order chi connectivity index (χ1) is 7.61.